The second kappa shape index (κ2) is 17.9. The highest BCUT2D eigenvalue weighted by Crippen LogP contribution is 2.60. The maximum absolute atomic E-state index is 2.62. The SMILES string of the molecule is CC(C)(C)c1cc(-c2c3c4cc(C(C)(C)C)cc5cc(C(C)(C)C)cc(c3c(-c3cc(C(C)(C)C)cc(C(C)(C)C)c3)c3c6ccc7c8ccc9c%10c(ccc(c%11ccc(c23)c6c%117)c8%10)c2cc3cc(C(C)(C)C)cc6c7ccccc7c(c36)c29)c54)cc(C(C)(C)C)c1. The van der Waals surface area contributed by atoms with Crippen LogP contribution in [0.1, 0.15) is 184 Å². The van der Waals surface area contributed by atoms with Crippen LogP contribution in [-0.2, 0) is 37.9 Å². The summed E-state index contributed by atoms with van der Waals surface area (Å²) in [6.45, 7) is 50.4. The summed E-state index contributed by atoms with van der Waals surface area (Å²) < 4.78 is 0. The van der Waals surface area contributed by atoms with Gasteiger partial charge in [0.05, 0.1) is 0 Å². The minimum Gasteiger partial charge on any atom is -0.0616 e. The molecule has 17 aromatic carbocycles. The Kier molecular flexibility index (Phi) is 11.2. The highest BCUT2D eigenvalue weighted by atomic mass is 14.4. The summed E-state index contributed by atoms with van der Waals surface area (Å²) in [4.78, 5) is 0. The molecule has 0 aliphatic heterocycles. The molecule has 0 N–H and O–H groups in total. The highest BCUT2D eigenvalue weighted by molar-refractivity contribution is 6.52. The molecule has 0 amide bonds. The number of fused-ring (bicyclic) bond motifs is 15. The average molecular weight is 1190 g/mol. The van der Waals surface area contributed by atoms with E-state index in [4.69, 9.17) is 0 Å². The van der Waals surface area contributed by atoms with Crippen LogP contribution in [0.25, 0.3) is 173 Å². The van der Waals surface area contributed by atoms with Crippen LogP contribution in [0.4, 0.5) is 0 Å². The zero-order valence-electron chi connectivity index (χ0n) is 58.4. The lowest BCUT2D eigenvalue weighted by atomic mass is 9.76. The summed E-state index contributed by atoms with van der Waals surface area (Å²) in [7, 11) is 0. The third-order valence-corrected chi connectivity index (χ3v) is 22.3. The maximum atomic E-state index is 2.62. The van der Waals surface area contributed by atoms with Crippen molar-refractivity contribution in [3.05, 3.63) is 191 Å². The van der Waals surface area contributed by atoms with Crippen LogP contribution >= 0.6 is 0 Å². The van der Waals surface area contributed by atoms with E-state index >= 15 is 0 Å². The fourth-order valence-electron chi connectivity index (χ4n) is 17.1. The molecule has 0 bridgehead atoms. The molecule has 0 heterocycles. The van der Waals surface area contributed by atoms with Crippen LogP contribution in [0.15, 0.2) is 152 Å². The van der Waals surface area contributed by atoms with Crippen LogP contribution in [0, 0.1) is 0 Å². The first-order valence-corrected chi connectivity index (χ1v) is 34.2. The number of hydrogen-bond acceptors (Lipinski definition) is 0. The van der Waals surface area contributed by atoms with Gasteiger partial charge in [-0.2, -0.15) is 0 Å². The molecule has 0 aliphatic carbocycles. The Balaban J connectivity index is 1.11. The van der Waals surface area contributed by atoms with Crippen molar-refractivity contribution in [2.45, 2.75) is 183 Å². The molecule has 456 valence electrons. The van der Waals surface area contributed by atoms with Gasteiger partial charge in [0.15, 0.2) is 0 Å². The van der Waals surface area contributed by atoms with Crippen molar-refractivity contribution < 1.29 is 0 Å². The van der Waals surface area contributed by atoms with E-state index in [0.717, 1.165) is 0 Å². The van der Waals surface area contributed by atoms with Crippen molar-refractivity contribution in [2.75, 3.05) is 0 Å². The Morgan fingerprint density at radius 3 is 0.793 bits per heavy atom. The average Bonchev–Trinajstić information content (AvgIpc) is 1.50. The van der Waals surface area contributed by atoms with E-state index in [9.17, 15) is 0 Å². The molecule has 0 saturated carbocycles. The summed E-state index contributed by atoms with van der Waals surface area (Å²) in [6.07, 6.45) is 0. The lowest BCUT2D eigenvalue weighted by molar-refractivity contribution is 0.568. The van der Waals surface area contributed by atoms with Gasteiger partial charge in [-0.3, -0.25) is 0 Å². The van der Waals surface area contributed by atoms with Gasteiger partial charge in [0.25, 0.3) is 0 Å². The summed E-state index contributed by atoms with van der Waals surface area (Å²) in [6, 6.07) is 62.8. The smallest absolute Gasteiger partial charge is 0.000708 e. The summed E-state index contributed by atoms with van der Waals surface area (Å²) in [5, 5.41) is 38.2. The van der Waals surface area contributed by atoms with Crippen molar-refractivity contribution in [2.24, 2.45) is 0 Å². The Morgan fingerprint density at radius 2 is 0.413 bits per heavy atom. The summed E-state index contributed by atoms with van der Waals surface area (Å²) in [5.74, 6) is 0. The monoisotopic (exact) mass is 1190 g/mol. The molecule has 17 aromatic rings. The van der Waals surface area contributed by atoms with Gasteiger partial charge in [0.2, 0.25) is 0 Å². The topological polar surface area (TPSA) is 0 Å². The first-order chi connectivity index (χ1) is 43.1. The van der Waals surface area contributed by atoms with Gasteiger partial charge in [0, 0.05) is 0 Å². The van der Waals surface area contributed by atoms with Crippen molar-refractivity contribution in [3.63, 3.8) is 0 Å². The number of rotatable bonds is 2. The Hall–Kier alpha value is -8.32. The zero-order chi connectivity index (χ0) is 64.7. The predicted molar refractivity (Wildman–Crippen MR) is 409 cm³/mol. The molecule has 0 heteroatoms. The van der Waals surface area contributed by atoms with Gasteiger partial charge < -0.3 is 0 Å². The third kappa shape index (κ3) is 7.82. The standard InChI is InChI=1S/C92H88/c1-86(2,3)51-36-48(37-52(42-51)87(4,5)6)74-82-66-32-29-62-60-26-27-64-68-41-50-40-55(90(13,14)15)44-69-58-24-22-23-25-59(58)81(73(50)69)80(68)65-31-28-61(76(60)78(64)65)63-30-33-67(79(66)77(62)63)83(82)75(49-38-53(88(7,8)9)43-54(39-49)89(10,11)12)85-71-46-57(92(19,20)21)35-47-34-56(91(16,17)18)45-70(72(47)71)84(74)85/h22-46H,1-21H3. The van der Waals surface area contributed by atoms with E-state index in [2.05, 4.69) is 297 Å². The first-order valence-electron chi connectivity index (χ1n) is 34.2. The van der Waals surface area contributed by atoms with Gasteiger partial charge in [0.1, 0.15) is 0 Å². The van der Waals surface area contributed by atoms with Crippen molar-refractivity contribution >= 4 is 151 Å². The zero-order valence-corrected chi connectivity index (χ0v) is 58.4. The van der Waals surface area contributed by atoms with Crippen LogP contribution in [0.5, 0.6) is 0 Å². The molecule has 0 unspecified atom stereocenters. The molecular weight excluding hydrogens is 1110 g/mol. The molecule has 0 saturated heterocycles. The van der Waals surface area contributed by atoms with Crippen LogP contribution in [0.2, 0.25) is 0 Å². The Labute approximate surface area is 543 Å². The van der Waals surface area contributed by atoms with E-state index in [1.165, 1.54) is 212 Å². The fraction of sp³-hybridized carbons (Fsp3) is 0.304. The molecular formula is C92H88. The van der Waals surface area contributed by atoms with E-state index in [1.807, 2.05) is 0 Å². The molecule has 0 nitrogen and oxygen atoms in total. The van der Waals surface area contributed by atoms with Crippen LogP contribution in [-0.4, -0.2) is 0 Å². The normalized spacial score (nSPS) is 14.1. The lowest BCUT2D eigenvalue weighted by Crippen LogP contribution is -2.16. The Bertz CT molecular complexity index is 5740. The van der Waals surface area contributed by atoms with Crippen molar-refractivity contribution in [1.82, 2.24) is 0 Å². The van der Waals surface area contributed by atoms with Gasteiger partial charge in [-0.15, -0.1) is 0 Å². The molecule has 0 radical (unpaired) electrons. The van der Waals surface area contributed by atoms with E-state index in [0.29, 0.717) is 0 Å². The largest absolute Gasteiger partial charge is 0.0616 e. The number of hydrogen-bond donors (Lipinski definition) is 0. The van der Waals surface area contributed by atoms with E-state index < -0.39 is 0 Å². The molecule has 92 heavy (non-hydrogen) atoms. The first kappa shape index (κ1) is 57.6. The van der Waals surface area contributed by atoms with Crippen molar-refractivity contribution in [3.8, 4) is 22.3 Å². The maximum Gasteiger partial charge on any atom is -0.000708 e. The second-order valence-electron chi connectivity index (χ2n) is 35.7. The summed E-state index contributed by atoms with van der Waals surface area (Å²) >= 11 is 0. The van der Waals surface area contributed by atoms with E-state index in [1.54, 1.807) is 0 Å². The quantitative estimate of drug-likeness (QED) is 0.120. The van der Waals surface area contributed by atoms with E-state index in [-0.39, 0.29) is 37.9 Å². The Morgan fingerprint density at radius 1 is 0.163 bits per heavy atom. The summed E-state index contributed by atoms with van der Waals surface area (Å²) in [5.41, 5.74) is 14.4. The lowest BCUT2D eigenvalue weighted by Gasteiger charge is -2.28. The number of benzene rings is 13. The predicted octanol–water partition coefficient (Wildman–Crippen LogP) is 27.4. The van der Waals surface area contributed by atoms with Gasteiger partial charge in [-0.1, -0.05) is 273 Å². The minimum absolute atomic E-state index is 0.0119. The van der Waals surface area contributed by atoms with Gasteiger partial charge in [-0.05, 0) is 274 Å². The molecule has 0 aliphatic rings. The molecule has 17 rings (SSSR count). The van der Waals surface area contributed by atoms with Crippen molar-refractivity contribution in [1.29, 1.82) is 0 Å². The van der Waals surface area contributed by atoms with Crippen LogP contribution in [0.3, 0.4) is 0 Å². The van der Waals surface area contributed by atoms with Gasteiger partial charge >= 0.3 is 0 Å². The van der Waals surface area contributed by atoms with Crippen LogP contribution < -0.4 is 0 Å². The minimum atomic E-state index is -0.0990. The molecule has 0 fully saturated rings. The third-order valence-electron chi connectivity index (χ3n) is 22.3. The van der Waals surface area contributed by atoms with Gasteiger partial charge in [-0.25, -0.2) is 0 Å². The highest BCUT2D eigenvalue weighted by Gasteiger charge is 2.35. The molecule has 0 aromatic heterocycles. The molecule has 0 atom stereocenters. The fourth-order valence-corrected chi connectivity index (χ4v) is 17.1. The second-order valence-corrected chi connectivity index (χ2v) is 35.7. The molecule has 0 spiro atoms.